The summed E-state index contributed by atoms with van der Waals surface area (Å²) in [5, 5.41) is 0. The fourth-order valence-electron chi connectivity index (χ4n) is 4.74. The Labute approximate surface area is 170 Å². The van der Waals surface area contributed by atoms with Gasteiger partial charge in [0.15, 0.2) is 0 Å². The molecule has 2 aliphatic carbocycles. The molecule has 2 aromatic rings. The van der Waals surface area contributed by atoms with Gasteiger partial charge in [-0.15, -0.1) is 0 Å². The number of carbonyl (C=O) groups is 2. The van der Waals surface area contributed by atoms with Gasteiger partial charge in [0.2, 0.25) is 0 Å². The SMILES string of the molecule is COC1(OC)C(=O)N([C@@H]2C[C@H]2c2ccccc2)C(=O)N1[C@@H]1C[C@H]1c1ccccc1. The van der Waals surface area contributed by atoms with E-state index in [0.29, 0.717) is 0 Å². The lowest BCUT2D eigenvalue weighted by atomic mass is 10.1. The first-order valence-corrected chi connectivity index (χ1v) is 9.99. The van der Waals surface area contributed by atoms with Crippen LogP contribution in [0.3, 0.4) is 0 Å². The molecule has 0 spiro atoms. The molecule has 3 amide bonds. The average molecular weight is 392 g/mol. The molecule has 3 aliphatic rings. The molecular formula is C23H24N2O4. The highest BCUT2D eigenvalue weighted by atomic mass is 16.7. The van der Waals surface area contributed by atoms with Crippen LogP contribution in [0.15, 0.2) is 60.7 Å². The van der Waals surface area contributed by atoms with Gasteiger partial charge in [-0.1, -0.05) is 60.7 Å². The van der Waals surface area contributed by atoms with Crippen molar-refractivity contribution in [1.29, 1.82) is 0 Å². The maximum Gasteiger partial charge on any atom is 0.339 e. The van der Waals surface area contributed by atoms with Crippen LogP contribution in [0.1, 0.15) is 35.8 Å². The van der Waals surface area contributed by atoms with E-state index in [0.717, 1.165) is 24.0 Å². The van der Waals surface area contributed by atoms with E-state index in [1.807, 2.05) is 48.5 Å². The van der Waals surface area contributed by atoms with Gasteiger partial charge in [0.1, 0.15) is 0 Å². The molecule has 29 heavy (non-hydrogen) atoms. The fourth-order valence-corrected chi connectivity index (χ4v) is 4.74. The molecule has 0 unspecified atom stereocenters. The molecular weight excluding hydrogens is 368 g/mol. The number of methoxy groups -OCH3 is 2. The van der Waals surface area contributed by atoms with E-state index >= 15 is 0 Å². The molecule has 1 saturated heterocycles. The van der Waals surface area contributed by atoms with Crippen molar-refractivity contribution in [2.75, 3.05) is 14.2 Å². The monoisotopic (exact) mass is 392 g/mol. The Hall–Kier alpha value is -2.70. The molecule has 0 radical (unpaired) electrons. The summed E-state index contributed by atoms with van der Waals surface area (Å²) in [7, 11) is 2.85. The van der Waals surface area contributed by atoms with Crippen LogP contribution in [0.5, 0.6) is 0 Å². The highest BCUT2D eigenvalue weighted by Crippen LogP contribution is 2.53. The van der Waals surface area contributed by atoms with Crippen LogP contribution < -0.4 is 0 Å². The largest absolute Gasteiger partial charge is 0.339 e. The maximum absolute atomic E-state index is 13.4. The Morgan fingerprint density at radius 1 is 0.793 bits per heavy atom. The smallest absolute Gasteiger partial charge is 0.328 e. The summed E-state index contributed by atoms with van der Waals surface area (Å²) in [6.07, 6.45) is 1.56. The summed E-state index contributed by atoms with van der Waals surface area (Å²) in [5.74, 6) is -1.76. The third-order valence-corrected chi connectivity index (χ3v) is 6.40. The minimum atomic E-state index is -1.69. The van der Waals surface area contributed by atoms with Gasteiger partial charge >= 0.3 is 17.8 Å². The second kappa shape index (κ2) is 6.68. The molecule has 5 rings (SSSR count). The van der Waals surface area contributed by atoms with E-state index in [-0.39, 0.29) is 30.0 Å². The molecule has 1 aliphatic heterocycles. The summed E-state index contributed by atoms with van der Waals surface area (Å²) in [6, 6.07) is 19.5. The zero-order valence-electron chi connectivity index (χ0n) is 16.5. The number of hydrogen-bond acceptors (Lipinski definition) is 4. The number of ether oxygens (including phenoxy) is 2. The van der Waals surface area contributed by atoms with Gasteiger partial charge in [-0.2, -0.15) is 0 Å². The Morgan fingerprint density at radius 3 is 1.79 bits per heavy atom. The molecule has 4 atom stereocenters. The third kappa shape index (κ3) is 2.70. The van der Waals surface area contributed by atoms with Crippen LogP contribution in [0, 0.1) is 0 Å². The van der Waals surface area contributed by atoms with Crippen molar-refractivity contribution in [2.24, 2.45) is 0 Å². The highest BCUT2D eigenvalue weighted by molar-refractivity contribution is 6.06. The predicted octanol–water partition coefficient (Wildman–Crippen LogP) is 3.31. The molecule has 6 heteroatoms. The number of urea groups is 1. The summed E-state index contributed by atoms with van der Waals surface area (Å²) in [6.45, 7) is 0. The second-order valence-electron chi connectivity index (χ2n) is 7.96. The summed E-state index contributed by atoms with van der Waals surface area (Å²) in [5.41, 5.74) is 2.30. The molecule has 0 aromatic heterocycles. The number of carbonyl (C=O) groups excluding carboxylic acids is 2. The first-order valence-electron chi connectivity index (χ1n) is 9.99. The lowest BCUT2D eigenvalue weighted by Gasteiger charge is -2.32. The standard InChI is InChI=1S/C23H24N2O4/c1-28-23(29-2)21(26)24(19-13-17(19)15-9-5-3-6-10-15)22(27)25(23)20-14-18(20)16-11-7-4-8-12-16/h3-12,17-20H,13-14H2,1-2H3/t17-,18-,19+,20+/m0/s1. The zero-order valence-corrected chi connectivity index (χ0v) is 16.5. The first-order chi connectivity index (χ1) is 14.1. The van der Waals surface area contributed by atoms with Crippen LogP contribution in [0.4, 0.5) is 4.79 Å². The number of benzene rings is 2. The lowest BCUT2D eigenvalue weighted by Crippen LogP contribution is -2.54. The van der Waals surface area contributed by atoms with Crippen molar-refractivity contribution in [3.05, 3.63) is 71.8 Å². The molecule has 0 N–H and O–H groups in total. The first kappa shape index (κ1) is 18.3. The summed E-state index contributed by atoms with van der Waals surface area (Å²) in [4.78, 5) is 29.7. The molecule has 0 bridgehead atoms. The number of hydrogen-bond donors (Lipinski definition) is 0. The van der Waals surface area contributed by atoms with E-state index in [1.54, 1.807) is 0 Å². The van der Waals surface area contributed by atoms with E-state index < -0.39 is 11.8 Å². The predicted molar refractivity (Wildman–Crippen MR) is 106 cm³/mol. The van der Waals surface area contributed by atoms with Gasteiger partial charge < -0.3 is 9.47 Å². The molecule has 3 fully saturated rings. The van der Waals surface area contributed by atoms with Crippen LogP contribution in [0.2, 0.25) is 0 Å². The Kier molecular flexibility index (Phi) is 4.22. The van der Waals surface area contributed by atoms with E-state index in [4.69, 9.17) is 9.47 Å². The molecule has 1 heterocycles. The van der Waals surface area contributed by atoms with Crippen LogP contribution in [-0.2, 0) is 14.3 Å². The lowest BCUT2D eigenvalue weighted by molar-refractivity contribution is -0.256. The van der Waals surface area contributed by atoms with Gasteiger partial charge in [0, 0.05) is 38.1 Å². The van der Waals surface area contributed by atoms with Crippen molar-refractivity contribution in [3.8, 4) is 0 Å². The zero-order chi connectivity index (χ0) is 20.2. The van der Waals surface area contributed by atoms with Gasteiger partial charge in [-0.3, -0.25) is 14.6 Å². The van der Waals surface area contributed by atoms with Crippen molar-refractivity contribution < 1.29 is 19.1 Å². The van der Waals surface area contributed by atoms with Gasteiger partial charge in [-0.25, -0.2) is 4.79 Å². The number of amides is 3. The molecule has 2 saturated carbocycles. The minimum absolute atomic E-state index is 0.118. The number of imide groups is 1. The van der Waals surface area contributed by atoms with Crippen LogP contribution >= 0.6 is 0 Å². The van der Waals surface area contributed by atoms with E-state index in [1.165, 1.54) is 24.0 Å². The Balaban J connectivity index is 1.43. The fraction of sp³-hybridized carbons (Fsp3) is 0.391. The van der Waals surface area contributed by atoms with Gasteiger partial charge in [-0.05, 0) is 24.0 Å². The van der Waals surface area contributed by atoms with Crippen molar-refractivity contribution >= 4 is 11.9 Å². The minimum Gasteiger partial charge on any atom is -0.328 e. The summed E-state index contributed by atoms with van der Waals surface area (Å²) >= 11 is 0. The third-order valence-electron chi connectivity index (χ3n) is 6.40. The van der Waals surface area contributed by atoms with Crippen molar-refractivity contribution in [3.63, 3.8) is 0 Å². The summed E-state index contributed by atoms with van der Waals surface area (Å²) < 4.78 is 11.1. The normalized spacial score (nSPS) is 30.0. The Bertz CT molecular complexity index is 928. The quantitative estimate of drug-likeness (QED) is 0.559. The number of rotatable bonds is 6. The van der Waals surface area contributed by atoms with Crippen molar-refractivity contribution in [1.82, 2.24) is 9.80 Å². The maximum atomic E-state index is 13.4. The average Bonchev–Trinajstić information content (AvgIpc) is 3.68. The van der Waals surface area contributed by atoms with Crippen molar-refractivity contribution in [2.45, 2.75) is 42.7 Å². The van der Waals surface area contributed by atoms with Crippen LogP contribution in [0.25, 0.3) is 0 Å². The van der Waals surface area contributed by atoms with E-state index in [9.17, 15) is 9.59 Å². The molecule has 150 valence electrons. The second-order valence-corrected chi connectivity index (χ2v) is 7.96. The number of nitrogens with zero attached hydrogens (tertiary/aromatic N) is 2. The van der Waals surface area contributed by atoms with Gasteiger partial charge in [0.05, 0.1) is 0 Å². The Morgan fingerprint density at radius 2 is 1.28 bits per heavy atom. The van der Waals surface area contributed by atoms with E-state index in [2.05, 4.69) is 12.1 Å². The van der Waals surface area contributed by atoms with Crippen LogP contribution in [-0.4, -0.2) is 54.0 Å². The molecule has 6 nitrogen and oxygen atoms in total. The topological polar surface area (TPSA) is 59.1 Å². The van der Waals surface area contributed by atoms with Gasteiger partial charge in [0.25, 0.3) is 0 Å². The highest BCUT2D eigenvalue weighted by Gasteiger charge is 2.68. The molecule has 2 aromatic carbocycles.